The molecule has 0 saturated carbocycles. The van der Waals surface area contributed by atoms with Gasteiger partial charge < -0.3 is 9.80 Å². The molecule has 42 heavy (non-hydrogen) atoms. The van der Waals surface area contributed by atoms with E-state index in [4.69, 9.17) is 11.6 Å². The van der Waals surface area contributed by atoms with Crippen LogP contribution in [0.5, 0.6) is 0 Å². The monoisotopic (exact) mass is 610 g/mol. The molecule has 1 aromatic carbocycles. The molecule has 0 bridgehead atoms. The zero-order valence-electron chi connectivity index (χ0n) is 23.2. The lowest BCUT2D eigenvalue weighted by Crippen LogP contribution is -2.54. The van der Waals surface area contributed by atoms with E-state index in [9.17, 15) is 18.0 Å². The fourth-order valence-electron chi connectivity index (χ4n) is 5.29. The van der Waals surface area contributed by atoms with Gasteiger partial charge in [0.15, 0.2) is 15.5 Å². The zero-order valence-corrected chi connectivity index (χ0v) is 24.8. The summed E-state index contributed by atoms with van der Waals surface area (Å²) in [5.74, 6) is -0.773. The molecule has 1 atom stereocenters. The van der Waals surface area contributed by atoms with Gasteiger partial charge in [-0.25, -0.2) is 32.1 Å². The summed E-state index contributed by atoms with van der Waals surface area (Å²) in [5, 5.41) is 0.199. The molecule has 218 valence electrons. The number of hydrogen-bond acceptors (Lipinski definition) is 8. The maximum absolute atomic E-state index is 15.8. The summed E-state index contributed by atoms with van der Waals surface area (Å²) in [6, 6.07) is 8.80. The molecule has 0 spiro atoms. The zero-order chi connectivity index (χ0) is 30.3. The number of halogens is 2. The van der Waals surface area contributed by atoms with Gasteiger partial charge in [0.05, 0.1) is 16.0 Å². The van der Waals surface area contributed by atoms with Gasteiger partial charge in [0.2, 0.25) is 5.91 Å². The molecule has 1 saturated heterocycles. The van der Waals surface area contributed by atoms with Gasteiger partial charge in [0, 0.05) is 43.7 Å². The number of hydrogen-bond donors (Lipinski definition) is 0. The molecular weight excluding hydrogens is 583 g/mol. The Labute approximate surface area is 247 Å². The number of amides is 1. The highest BCUT2D eigenvalue weighted by Crippen LogP contribution is 2.34. The fraction of sp³-hybridized carbons (Fsp3) is 0.276. The Balaban J connectivity index is 1.86. The van der Waals surface area contributed by atoms with Crippen LogP contribution in [0.1, 0.15) is 19.4 Å². The van der Waals surface area contributed by atoms with Crippen LogP contribution in [0.4, 0.5) is 10.2 Å². The fourth-order valence-corrected chi connectivity index (χ4v) is 6.39. The van der Waals surface area contributed by atoms with Crippen LogP contribution in [-0.2, 0) is 21.1 Å². The van der Waals surface area contributed by atoms with E-state index in [0.29, 0.717) is 31.6 Å². The first kappa shape index (κ1) is 29.3. The van der Waals surface area contributed by atoms with Gasteiger partial charge >= 0.3 is 5.69 Å². The van der Waals surface area contributed by atoms with Crippen molar-refractivity contribution in [2.24, 2.45) is 0 Å². The number of pyridine rings is 2. The number of para-hydroxylation sites is 1. The number of rotatable bonds is 6. The van der Waals surface area contributed by atoms with E-state index >= 15 is 4.39 Å². The number of sulfone groups is 1. The van der Waals surface area contributed by atoms with Crippen LogP contribution >= 0.6 is 11.6 Å². The topological polar surface area (TPSA) is 118 Å². The number of fused-ring (bicyclic) bond motifs is 1. The van der Waals surface area contributed by atoms with Crippen LogP contribution in [0.3, 0.4) is 0 Å². The van der Waals surface area contributed by atoms with Crippen molar-refractivity contribution in [3.8, 4) is 16.9 Å². The first-order valence-corrected chi connectivity index (χ1v) is 15.5. The van der Waals surface area contributed by atoms with Crippen LogP contribution in [0.2, 0.25) is 5.15 Å². The van der Waals surface area contributed by atoms with Crippen LogP contribution in [0.15, 0.2) is 64.9 Å². The maximum Gasteiger partial charge on any atom is 0.355 e. The van der Waals surface area contributed by atoms with Gasteiger partial charge in [-0.3, -0.25) is 4.79 Å². The largest absolute Gasteiger partial charge is 0.355 e. The molecule has 4 heterocycles. The minimum atomic E-state index is -3.81. The first-order chi connectivity index (χ1) is 20.0. The number of piperazine rings is 1. The quantitative estimate of drug-likeness (QED) is 0.239. The lowest BCUT2D eigenvalue weighted by Gasteiger charge is -2.40. The molecule has 0 N–H and O–H groups in total. The molecule has 1 aliphatic rings. The molecular formula is C29H28ClFN6O4S. The lowest BCUT2D eigenvalue weighted by molar-refractivity contribution is -0.126. The van der Waals surface area contributed by atoms with Gasteiger partial charge in [0.25, 0.3) is 0 Å². The average molecular weight is 611 g/mol. The number of carbonyl (C=O) groups excluding carboxylic acids is 1. The normalized spacial score (nSPS) is 15.7. The summed E-state index contributed by atoms with van der Waals surface area (Å²) in [6.07, 6.45) is 4.15. The van der Waals surface area contributed by atoms with E-state index < -0.39 is 21.3 Å². The van der Waals surface area contributed by atoms with E-state index in [1.54, 1.807) is 29.2 Å². The predicted octanol–water partition coefficient (Wildman–Crippen LogP) is 3.82. The van der Waals surface area contributed by atoms with Gasteiger partial charge in [0.1, 0.15) is 22.5 Å². The van der Waals surface area contributed by atoms with E-state index in [2.05, 4.69) is 21.5 Å². The number of benzene rings is 1. The Kier molecular flexibility index (Phi) is 7.86. The van der Waals surface area contributed by atoms with E-state index in [-0.39, 0.29) is 55.8 Å². The van der Waals surface area contributed by atoms with Crippen molar-refractivity contribution in [3.05, 3.63) is 82.3 Å². The molecule has 0 unspecified atom stereocenters. The third-order valence-corrected chi connectivity index (χ3v) is 8.72. The summed E-state index contributed by atoms with van der Waals surface area (Å²) >= 11 is 6.30. The number of aromatic nitrogens is 4. The van der Waals surface area contributed by atoms with E-state index in [1.165, 1.54) is 24.4 Å². The minimum absolute atomic E-state index is 0.00363. The Morgan fingerprint density at radius 3 is 2.62 bits per heavy atom. The number of nitrogens with zero attached hydrogens (tertiary/aromatic N) is 6. The van der Waals surface area contributed by atoms with Crippen LogP contribution < -0.4 is 10.6 Å². The van der Waals surface area contributed by atoms with Gasteiger partial charge in [-0.1, -0.05) is 37.2 Å². The highest BCUT2D eigenvalue weighted by atomic mass is 35.5. The molecule has 1 fully saturated rings. The molecule has 13 heteroatoms. The lowest BCUT2D eigenvalue weighted by atomic mass is 10.1. The third-order valence-electron chi connectivity index (χ3n) is 7.29. The number of anilines is 1. The smallest absolute Gasteiger partial charge is 0.350 e. The second-order valence-electron chi connectivity index (χ2n) is 10.0. The van der Waals surface area contributed by atoms with Gasteiger partial charge in [-0.05, 0) is 49.2 Å². The molecule has 10 nitrogen and oxygen atoms in total. The van der Waals surface area contributed by atoms with Crippen molar-refractivity contribution in [2.45, 2.75) is 31.2 Å². The summed E-state index contributed by atoms with van der Waals surface area (Å²) in [6.45, 7) is 8.21. The second kappa shape index (κ2) is 11.3. The predicted molar refractivity (Wildman–Crippen MR) is 159 cm³/mol. The van der Waals surface area contributed by atoms with Gasteiger partial charge in [-0.15, -0.1) is 0 Å². The summed E-state index contributed by atoms with van der Waals surface area (Å²) in [4.78, 5) is 42.6. The number of aryl methyl sites for hydroxylation is 1. The highest BCUT2D eigenvalue weighted by Gasteiger charge is 2.31. The van der Waals surface area contributed by atoms with Crippen molar-refractivity contribution < 1.29 is 17.6 Å². The molecule has 4 aromatic rings. The number of carbonyl (C=O) groups is 1. The molecule has 0 aliphatic carbocycles. The Hall–Kier alpha value is -4.16. The third kappa shape index (κ3) is 5.16. The van der Waals surface area contributed by atoms with Crippen LogP contribution in [-0.4, -0.2) is 70.7 Å². The SMILES string of the molecule is C=CC(=O)N1CCN(c2nc(=O)n(-c3c(CC)cccc3S(C)(=O)=O)c3nc(-c4cccnc4Cl)c(F)cc23)[C@@H](C)C1. The van der Waals surface area contributed by atoms with Crippen LogP contribution in [0.25, 0.3) is 28.0 Å². The van der Waals surface area contributed by atoms with E-state index in [0.717, 1.165) is 10.8 Å². The molecule has 1 amide bonds. The second-order valence-corrected chi connectivity index (χ2v) is 12.3. The Bertz CT molecular complexity index is 1910. The van der Waals surface area contributed by atoms with Crippen molar-refractivity contribution in [1.29, 1.82) is 0 Å². The summed E-state index contributed by atoms with van der Waals surface area (Å²) < 4.78 is 42.8. The minimum Gasteiger partial charge on any atom is -0.350 e. The van der Waals surface area contributed by atoms with Crippen molar-refractivity contribution in [3.63, 3.8) is 0 Å². The molecule has 5 rings (SSSR count). The van der Waals surface area contributed by atoms with E-state index in [1.807, 2.05) is 18.7 Å². The maximum atomic E-state index is 15.8. The summed E-state index contributed by atoms with van der Waals surface area (Å²) in [7, 11) is -3.81. The van der Waals surface area contributed by atoms with Crippen molar-refractivity contribution in [1.82, 2.24) is 24.4 Å². The Morgan fingerprint density at radius 1 is 1.21 bits per heavy atom. The molecule has 0 radical (unpaired) electrons. The summed E-state index contributed by atoms with van der Waals surface area (Å²) in [5.41, 5.74) is -0.0734. The average Bonchev–Trinajstić information content (AvgIpc) is 2.96. The Morgan fingerprint density at radius 2 is 1.98 bits per heavy atom. The van der Waals surface area contributed by atoms with Crippen molar-refractivity contribution >= 4 is 44.2 Å². The highest BCUT2D eigenvalue weighted by molar-refractivity contribution is 7.90. The van der Waals surface area contributed by atoms with Crippen molar-refractivity contribution in [2.75, 3.05) is 30.8 Å². The standard InChI is InChI=1S/C29H28ClFN6O4S/c1-5-18-9-7-11-22(42(4,40)41)25(18)37-28-20(15-21(31)24(33-28)19-10-8-12-32-26(19)30)27(34-29(37)39)36-14-13-35(16-17(36)3)23(38)6-2/h6-12,15,17H,2,5,13-14,16H2,1,3-4H3/t17-/m0/s1. The first-order valence-electron chi connectivity index (χ1n) is 13.2. The molecule has 3 aromatic heterocycles. The van der Waals surface area contributed by atoms with Gasteiger partial charge in [-0.2, -0.15) is 4.98 Å². The van der Waals surface area contributed by atoms with Crippen LogP contribution in [0, 0.1) is 5.82 Å². The molecule has 1 aliphatic heterocycles.